The highest BCUT2D eigenvalue weighted by molar-refractivity contribution is 6.39. The van der Waals surface area contributed by atoms with E-state index in [0.717, 1.165) is 0 Å². The normalized spacial score (nSPS) is 10.7. The van der Waals surface area contributed by atoms with Crippen LogP contribution in [0.25, 0.3) is 11.1 Å². The Bertz CT molecular complexity index is 685. The average Bonchev–Trinajstić information content (AvgIpc) is 2.43. The van der Waals surface area contributed by atoms with E-state index in [-0.39, 0.29) is 38.5 Å². The van der Waals surface area contributed by atoms with Crippen LogP contribution in [0.5, 0.6) is 0 Å². The minimum Gasteiger partial charge on any atom is -0.397 e. The summed E-state index contributed by atoms with van der Waals surface area (Å²) in [5, 5.41) is 0.340. The lowest BCUT2D eigenvalue weighted by Crippen LogP contribution is -2.07. The maximum absolute atomic E-state index is 6.05. The number of benzene rings is 2. The molecule has 0 unspecified atom stereocenters. The van der Waals surface area contributed by atoms with Crippen molar-refractivity contribution in [3.05, 3.63) is 22.2 Å². The molecule has 106 valence electrons. The average molecular weight is 313 g/mol. The second kappa shape index (κ2) is 4.73. The molecule has 12 N–H and O–H groups in total. The van der Waals surface area contributed by atoms with Gasteiger partial charge in [0.25, 0.3) is 0 Å². The van der Waals surface area contributed by atoms with Crippen LogP contribution in [0.1, 0.15) is 0 Å². The van der Waals surface area contributed by atoms with Crippen LogP contribution in [0, 0.1) is 0 Å². The molecule has 2 rings (SSSR count). The molecule has 0 heterocycles. The molecule has 6 nitrogen and oxygen atoms in total. The monoisotopic (exact) mass is 312 g/mol. The molecule has 0 aliphatic carbocycles. The third-order valence-electron chi connectivity index (χ3n) is 3.07. The smallest absolute Gasteiger partial charge is 0.0893 e. The van der Waals surface area contributed by atoms with Crippen LogP contribution in [-0.4, -0.2) is 0 Å². The van der Waals surface area contributed by atoms with E-state index in [9.17, 15) is 0 Å². The van der Waals surface area contributed by atoms with Crippen LogP contribution in [0.15, 0.2) is 12.1 Å². The molecule has 2 aromatic carbocycles. The second-order valence-electron chi connectivity index (χ2n) is 4.27. The molecule has 0 fully saturated rings. The third-order valence-corrected chi connectivity index (χ3v) is 3.90. The Hall–Kier alpha value is -2.18. The Labute approximate surface area is 125 Å². The van der Waals surface area contributed by atoms with Gasteiger partial charge in [-0.05, 0) is 12.1 Å². The molecule has 0 aliphatic rings. The van der Waals surface area contributed by atoms with Gasteiger partial charge in [-0.1, -0.05) is 23.2 Å². The Kier molecular flexibility index (Phi) is 3.37. The highest BCUT2D eigenvalue weighted by atomic mass is 35.5. The molecule has 0 amide bonds. The van der Waals surface area contributed by atoms with Gasteiger partial charge in [0.1, 0.15) is 0 Å². The molecule has 0 atom stereocenters. The molecular formula is C12H14Cl2N6. The molecular weight excluding hydrogens is 299 g/mol. The number of nitrogens with two attached hydrogens (primary N) is 6. The van der Waals surface area contributed by atoms with E-state index in [4.69, 9.17) is 57.6 Å². The summed E-state index contributed by atoms with van der Waals surface area (Å²) in [6.45, 7) is 0. The molecule has 0 saturated heterocycles. The van der Waals surface area contributed by atoms with Crippen molar-refractivity contribution in [1.82, 2.24) is 0 Å². The molecule has 0 aliphatic heterocycles. The van der Waals surface area contributed by atoms with Gasteiger partial charge in [-0.2, -0.15) is 0 Å². The maximum atomic E-state index is 6.05. The van der Waals surface area contributed by atoms with Crippen LogP contribution >= 0.6 is 23.2 Å². The van der Waals surface area contributed by atoms with Crippen molar-refractivity contribution in [3.8, 4) is 11.1 Å². The fourth-order valence-electron chi connectivity index (χ4n) is 1.92. The van der Waals surface area contributed by atoms with Crippen LogP contribution in [0.3, 0.4) is 0 Å². The van der Waals surface area contributed by atoms with E-state index in [1.165, 1.54) is 0 Å². The van der Waals surface area contributed by atoms with E-state index in [0.29, 0.717) is 16.8 Å². The number of nitrogen functional groups attached to an aromatic ring is 6. The topological polar surface area (TPSA) is 156 Å². The first kappa shape index (κ1) is 14.2. The summed E-state index contributed by atoms with van der Waals surface area (Å²) in [6, 6.07) is 3.23. The van der Waals surface area contributed by atoms with Gasteiger partial charge < -0.3 is 34.4 Å². The molecule has 20 heavy (non-hydrogen) atoms. The predicted octanol–water partition coefficient (Wildman–Crippen LogP) is 2.15. The summed E-state index contributed by atoms with van der Waals surface area (Å²) in [6.07, 6.45) is 0. The lowest BCUT2D eigenvalue weighted by atomic mass is 9.97. The van der Waals surface area contributed by atoms with Gasteiger partial charge in [0.05, 0.1) is 44.2 Å². The Balaban J connectivity index is 2.87. The molecule has 0 radical (unpaired) electrons. The van der Waals surface area contributed by atoms with Crippen LogP contribution in [0.4, 0.5) is 34.1 Å². The van der Waals surface area contributed by atoms with Gasteiger partial charge in [-0.15, -0.1) is 0 Å². The number of rotatable bonds is 1. The Morgan fingerprint density at radius 3 is 1.80 bits per heavy atom. The fraction of sp³-hybridized carbons (Fsp3) is 0. The molecule has 0 spiro atoms. The van der Waals surface area contributed by atoms with E-state index >= 15 is 0 Å². The van der Waals surface area contributed by atoms with Gasteiger partial charge in [0.2, 0.25) is 0 Å². The Morgan fingerprint density at radius 1 is 0.600 bits per heavy atom. The lowest BCUT2D eigenvalue weighted by molar-refractivity contribution is 1.58. The molecule has 0 aromatic heterocycles. The van der Waals surface area contributed by atoms with Crippen molar-refractivity contribution in [2.75, 3.05) is 34.4 Å². The number of hydrogen-bond donors (Lipinski definition) is 6. The first-order chi connectivity index (χ1) is 9.27. The third kappa shape index (κ3) is 1.90. The summed E-state index contributed by atoms with van der Waals surface area (Å²) in [5.74, 6) is 0. The number of hydrogen-bond acceptors (Lipinski definition) is 6. The van der Waals surface area contributed by atoms with Crippen molar-refractivity contribution in [3.63, 3.8) is 0 Å². The van der Waals surface area contributed by atoms with E-state index in [2.05, 4.69) is 0 Å². The van der Waals surface area contributed by atoms with Gasteiger partial charge in [0.15, 0.2) is 0 Å². The van der Waals surface area contributed by atoms with Crippen LogP contribution < -0.4 is 34.4 Å². The quantitative estimate of drug-likeness (QED) is 0.443. The molecule has 2 aromatic rings. The zero-order valence-electron chi connectivity index (χ0n) is 10.4. The summed E-state index contributed by atoms with van der Waals surface area (Å²) < 4.78 is 0. The molecule has 0 bridgehead atoms. The Morgan fingerprint density at radius 2 is 1.20 bits per heavy atom. The highest BCUT2D eigenvalue weighted by Crippen LogP contribution is 2.48. The van der Waals surface area contributed by atoms with Crippen molar-refractivity contribution in [2.45, 2.75) is 0 Å². The first-order valence-corrected chi connectivity index (χ1v) is 6.28. The van der Waals surface area contributed by atoms with Crippen molar-refractivity contribution >= 4 is 57.3 Å². The van der Waals surface area contributed by atoms with Gasteiger partial charge >= 0.3 is 0 Å². The molecule has 0 saturated carbocycles. The van der Waals surface area contributed by atoms with E-state index in [1.54, 1.807) is 12.1 Å². The van der Waals surface area contributed by atoms with Crippen molar-refractivity contribution in [1.29, 1.82) is 0 Å². The molecule has 8 heteroatoms. The SMILES string of the molecule is Nc1ccc(-c2c(N)c(N)c(N)c(Cl)c2N)c(N)c1Cl. The standard InChI is InChI=1S/C12H14Cl2N6/c13-6-4(15)2-1-3(8(6)16)5-9(17)7(14)11(19)12(20)10(5)18/h1-2H,15-20H2. The fourth-order valence-corrected chi connectivity index (χ4v) is 2.28. The van der Waals surface area contributed by atoms with Crippen LogP contribution in [0.2, 0.25) is 10.0 Å². The number of anilines is 6. The van der Waals surface area contributed by atoms with Crippen molar-refractivity contribution < 1.29 is 0 Å². The summed E-state index contributed by atoms with van der Waals surface area (Å²) >= 11 is 12.1. The van der Waals surface area contributed by atoms with Gasteiger partial charge in [-0.25, -0.2) is 0 Å². The van der Waals surface area contributed by atoms with E-state index in [1.807, 2.05) is 0 Å². The van der Waals surface area contributed by atoms with Crippen LogP contribution in [-0.2, 0) is 0 Å². The number of halogens is 2. The summed E-state index contributed by atoms with van der Waals surface area (Å²) in [4.78, 5) is 0. The predicted molar refractivity (Wildman–Crippen MR) is 88.4 cm³/mol. The highest BCUT2D eigenvalue weighted by Gasteiger charge is 2.20. The first-order valence-electron chi connectivity index (χ1n) is 5.52. The van der Waals surface area contributed by atoms with E-state index < -0.39 is 0 Å². The lowest BCUT2D eigenvalue weighted by Gasteiger charge is -2.18. The minimum atomic E-state index is 0.124. The zero-order chi connectivity index (χ0) is 15.2. The maximum Gasteiger partial charge on any atom is 0.0893 e. The van der Waals surface area contributed by atoms with Gasteiger partial charge in [-0.3, -0.25) is 0 Å². The summed E-state index contributed by atoms with van der Waals surface area (Å²) in [7, 11) is 0. The second-order valence-corrected chi connectivity index (χ2v) is 5.03. The largest absolute Gasteiger partial charge is 0.397 e. The van der Waals surface area contributed by atoms with Gasteiger partial charge in [0, 0.05) is 11.1 Å². The van der Waals surface area contributed by atoms with Crippen molar-refractivity contribution in [2.24, 2.45) is 0 Å². The minimum absolute atomic E-state index is 0.124. The summed E-state index contributed by atoms with van der Waals surface area (Å²) in [5.41, 5.74) is 37.2. The zero-order valence-corrected chi connectivity index (χ0v) is 11.9.